The van der Waals surface area contributed by atoms with Crippen LogP contribution in [0.15, 0.2) is 24.3 Å². The Bertz CT molecular complexity index is 557. The molecule has 0 radical (unpaired) electrons. The Morgan fingerprint density at radius 2 is 1.83 bits per heavy atom. The molecule has 4 N–H and O–H groups in total. The molecule has 0 bridgehead atoms. The van der Waals surface area contributed by atoms with Gasteiger partial charge in [0.1, 0.15) is 5.75 Å². The zero-order valence-corrected chi connectivity index (χ0v) is 10.6. The van der Waals surface area contributed by atoms with E-state index in [2.05, 4.69) is 9.97 Å². The maximum Gasteiger partial charge on any atom is 0.222 e. The van der Waals surface area contributed by atoms with Gasteiger partial charge in [0.2, 0.25) is 5.95 Å². The minimum absolute atomic E-state index is 0.146. The molecule has 1 heterocycles. The summed E-state index contributed by atoms with van der Waals surface area (Å²) in [5.74, 6) is 1.44. The Kier molecular flexibility index (Phi) is 3.53. The van der Waals surface area contributed by atoms with E-state index < -0.39 is 0 Å². The van der Waals surface area contributed by atoms with E-state index in [1.54, 1.807) is 24.3 Å². The van der Waals surface area contributed by atoms with E-state index in [0.29, 0.717) is 28.6 Å². The Labute approximate surface area is 110 Å². The SMILES string of the molecule is CCc1nc(N)nc(N)c1Oc1ccc(Cl)cc1. The van der Waals surface area contributed by atoms with Crippen LogP contribution in [0.1, 0.15) is 12.6 Å². The molecule has 2 rings (SSSR count). The van der Waals surface area contributed by atoms with Gasteiger partial charge in [0.05, 0.1) is 5.69 Å². The Hall–Kier alpha value is -2.01. The Morgan fingerprint density at radius 1 is 1.17 bits per heavy atom. The van der Waals surface area contributed by atoms with Crippen molar-refractivity contribution in [2.24, 2.45) is 0 Å². The number of rotatable bonds is 3. The van der Waals surface area contributed by atoms with Gasteiger partial charge in [-0.1, -0.05) is 18.5 Å². The average Bonchev–Trinajstić information content (AvgIpc) is 2.34. The first-order valence-corrected chi connectivity index (χ1v) is 5.83. The zero-order valence-electron chi connectivity index (χ0n) is 9.85. The molecular formula is C12H13ClN4O. The standard InChI is InChI=1S/C12H13ClN4O/c1-2-9-10(11(14)17-12(15)16-9)18-8-5-3-7(13)4-6-8/h3-6H,2H2,1H3,(H4,14,15,16,17). The van der Waals surface area contributed by atoms with E-state index in [0.717, 1.165) is 0 Å². The fraction of sp³-hybridized carbons (Fsp3) is 0.167. The molecular weight excluding hydrogens is 252 g/mol. The minimum Gasteiger partial charge on any atom is -0.452 e. The summed E-state index contributed by atoms with van der Waals surface area (Å²) in [7, 11) is 0. The van der Waals surface area contributed by atoms with Gasteiger partial charge in [0.25, 0.3) is 0 Å². The quantitative estimate of drug-likeness (QED) is 0.890. The molecule has 1 aromatic carbocycles. The van der Waals surface area contributed by atoms with Crippen molar-refractivity contribution in [1.29, 1.82) is 0 Å². The van der Waals surface area contributed by atoms with Crippen LogP contribution in [0.2, 0.25) is 5.02 Å². The number of nitrogen functional groups attached to an aromatic ring is 2. The molecule has 0 aliphatic rings. The second-order valence-corrected chi connectivity index (χ2v) is 4.09. The van der Waals surface area contributed by atoms with Gasteiger partial charge in [-0.3, -0.25) is 0 Å². The van der Waals surface area contributed by atoms with Crippen molar-refractivity contribution < 1.29 is 4.74 Å². The Balaban J connectivity index is 2.36. The number of ether oxygens (including phenoxy) is 1. The molecule has 94 valence electrons. The largest absolute Gasteiger partial charge is 0.452 e. The normalized spacial score (nSPS) is 10.3. The number of nitrogens with two attached hydrogens (primary N) is 2. The van der Waals surface area contributed by atoms with E-state index in [1.807, 2.05) is 6.92 Å². The highest BCUT2D eigenvalue weighted by atomic mass is 35.5. The van der Waals surface area contributed by atoms with Gasteiger partial charge in [-0.25, -0.2) is 4.98 Å². The molecule has 0 aliphatic heterocycles. The van der Waals surface area contributed by atoms with E-state index >= 15 is 0 Å². The van der Waals surface area contributed by atoms with Crippen molar-refractivity contribution in [3.05, 3.63) is 35.0 Å². The van der Waals surface area contributed by atoms with Crippen molar-refractivity contribution in [3.8, 4) is 11.5 Å². The second kappa shape index (κ2) is 5.10. The number of benzene rings is 1. The summed E-state index contributed by atoms with van der Waals surface area (Å²) in [6.07, 6.45) is 0.653. The highest BCUT2D eigenvalue weighted by molar-refractivity contribution is 6.30. The van der Waals surface area contributed by atoms with Crippen LogP contribution >= 0.6 is 11.6 Å². The number of halogens is 1. The first-order valence-electron chi connectivity index (χ1n) is 5.45. The van der Waals surface area contributed by atoms with E-state index in [1.165, 1.54) is 0 Å². The summed E-state index contributed by atoms with van der Waals surface area (Å²) in [6.45, 7) is 1.94. The fourth-order valence-electron chi connectivity index (χ4n) is 1.51. The van der Waals surface area contributed by atoms with Gasteiger partial charge in [0.15, 0.2) is 11.6 Å². The number of hydrogen-bond acceptors (Lipinski definition) is 5. The summed E-state index contributed by atoms with van der Waals surface area (Å²) in [5, 5.41) is 0.639. The highest BCUT2D eigenvalue weighted by Crippen LogP contribution is 2.30. The third kappa shape index (κ3) is 2.62. The third-order valence-electron chi connectivity index (χ3n) is 2.35. The lowest BCUT2D eigenvalue weighted by Gasteiger charge is -2.11. The summed E-state index contributed by atoms with van der Waals surface area (Å²) in [5.41, 5.74) is 12.0. The summed E-state index contributed by atoms with van der Waals surface area (Å²) in [6, 6.07) is 6.96. The van der Waals surface area contributed by atoms with Gasteiger partial charge in [-0.2, -0.15) is 4.98 Å². The molecule has 0 unspecified atom stereocenters. The summed E-state index contributed by atoms with van der Waals surface area (Å²) >= 11 is 5.80. The molecule has 0 saturated heterocycles. The molecule has 0 amide bonds. The molecule has 5 nitrogen and oxygen atoms in total. The summed E-state index contributed by atoms with van der Waals surface area (Å²) in [4.78, 5) is 7.99. The van der Waals surface area contributed by atoms with Crippen molar-refractivity contribution in [3.63, 3.8) is 0 Å². The topological polar surface area (TPSA) is 87.0 Å². The summed E-state index contributed by atoms with van der Waals surface area (Å²) < 4.78 is 5.68. The highest BCUT2D eigenvalue weighted by Gasteiger charge is 2.12. The monoisotopic (exact) mass is 264 g/mol. The number of nitrogens with zero attached hydrogens (tertiary/aromatic N) is 2. The van der Waals surface area contributed by atoms with Crippen molar-refractivity contribution >= 4 is 23.4 Å². The van der Waals surface area contributed by atoms with Crippen LogP contribution in [-0.4, -0.2) is 9.97 Å². The average molecular weight is 265 g/mol. The van der Waals surface area contributed by atoms with Gasteiger partial charge >= 0.3 is 0 Å². The van der Waals surface area contributed by atoms with Crippen LogP contribution in [0, 0.1) is 0 Å². The first-order chi connectivity index (χ1) is 8.60. The van der Waals surface area contributed by atoms with E-state index in [-0.39, 0.29) is 11.8 Å². The predicted octanol–water partition coefficient (Wildman–Crippen LogP) is 2.65. The number of hydrogen-bond donors (Lipinski definition) is 2. The third-order valence-corrected chi connectivity index (χ3v) is 2.60. The van der Waals surface area contributed by atoms with E-state index in [9.17, 15) is 0 Å². The molecule has 2 aromatic rings. The molecule has 0 fully saturated rings. The number of aryl methyl sites for hydroxylation is 1. The smallest absolute Gasteiger partial charge is 0.222 e. The van der Waals surface area contributed by atoms with Gasteiger partial charge in [0, 0.05) is 5.02 Å². The lowest BCUT2D eigenvalue weighted by atomic mass is 10.3. The molecule has 0 saturated carbocycles. The molecule has 0 spiro atoms. The maximum atomic E-state index is 5.80. The van der Waals surface area contributed by atoms with Crippen molar-refractivity contribution in [1.82, 2.24) is 9.97 Å². The first kappa shape index (κ1) is 12.4. The van der Waals surface area contributed by atoms with Crippen LogP contribution in [-0.2, 0) is 6.42 Å². The molecule has 18 heavy (non-hydrogen) atoms. The Morgan fingerprint density at radius 3 is 2.44 bits per heavy atom. The maximum absolute atomic E-state index is 5.80. The van der Waals surface area contributed by atoms with Gasteiger partial charge < -0.3 is 16.2 Å². The molecule has 1 aromatic heterocycles. The lowest BCUT2D eigenvalue weighted by Crippen LogP contribution is -2.06. The van der Waals surface area contributed by atoms with Crippen LogP contribution in [0.25, 0.3) is 0 Å². The predicted molar refractivity (Wildman–Crippen MR) is 71.8 cm³/mol. The molecule has 0 aliphatic carbocycles. The lowest BCUT2D eigenvalue weighted by molar-refractivity contribution is 0.473. The minimum atomic E-state index is 0.146. The fourth-order valence-corrected chi connectivity index (χ4v) is 1.63. The zero-order chi connectivity index (χ0) is 13.1. The van der Waals surface area contributed by atoms with Crippen LogP contribution < -0.4 is 16.2 Å². The number of aromatic nitrogens is 2. The van der Waals surface area contributed by atoms with Crippen molar-refractivity contribution in [2.45, 2.75) is 13.3 Å². The molecule has 6 heteroatoms. The van der Waals surface area contributed by atoms with E-state index in [4.69, 9.17) is 27.8 Å². The van der Waals surface area contributed by atoms with Crippen LogP contribution in [0.3, 0.4) is 0 Å². The second-order valence-electron chi connectivity index (χ2n) is 3.65. The van der Waals surface area contributed by atoms with Crippen LogP contribution in [0.5, 0.6) is 11.5 Å². The number of anilines is 2. The van der Waals surface area contributed by atoms with Crippen LogP contribution in [0.4, 0.5) is 11.8 Å². The van der Waals surface area contributed by atoms with Gasteiger partial charge in [-0.05, 0) is 30.7 Å². The molecule has 0 atom stereocenters. The van der Waals surface area contributed by atoms with Crippen molar-refractivity contribution in [2.75, 3.05) is 11.5 Å². The van der Waals surface area contributed by atoms with Gasteiger partial charge in [-0.15, -0.1) is 0 Å².